The standard InChI is InChI=1S/C11H22N2O2/c1-11(14,6-8-15-2)9-13-10-5-3-4-7-12-10/h14H,3-9H2,1-2H3,(H,12,13). The van der Waals surface area contributed by atoms with Gasteiger partial charge in [0.25, 0.3) is 0 Å². The molecule has 1 aliphatic heterocycles. The second-order valence-electron chi connectivity index (χ2n) is 4.38. The topological polar surface area (TPSA) is 53.9 Å². The molecule has 88 valence electrons. The van der Waals surface area contributed by atoms with E-state index >= 15 is 0 Å². The maximum atomic E-state index is 9.98. The Kier molecular flexibility index (Phi) is 5.05. The number of aliphatic imine (C=N–C) groups is 1. The van der Waals surface area contributed by atoms with Gasteiger partial charge < -0.3 is 15.2 Å². The maximum Gasteiger partial charge on any atom is 0.0964 e. The van der Waals surface area contributed by atoms with Crippen LogP contribution in [0.1, 0.15) is 32.6 Å². The van der Waals surface area contributed by atoms with Gasteiger partial charge in [-0.1, -0.05) is 0 Å². The molecule has 0 aromatic rings. The minimum Gasteiger partial charge on any atom is -0.388 e. The van der Waals surface area contributed by atoms with Crippen LogP contribution < -0.4 is 5.32 Å². The summed E-state index contributed by atoms with van der Waals surface area (Å²) in [7, 11) is 1.65. The van der Waals surface area contributed by atoms with Gasteiger partial charge in [0.15, 0.2) is 0 Å². The summed E-state index contributed by atoms with van der Waals surface area (Å²) in [6.07, 6.45) is 4.04. The minimum absolute atomic E-state index is 0.551. The largest absolute Gasteiger partial charge is 0.388 e. The van der Waals surface area contributed by atoms with Crippen LogP contribution in [0.4, 0.5) is 0 Å². The van der Waals surface area contributed by atoms with Gasteiger partial charge in [-0.2, -0.15) is 0 Å². The Bertz CT molecular complexity index is 215. The molecule has 4 heteroatoms. The van der Waals surface area contributed by atoms with E-state index in [1.54, 1.807) is 7.11 Å². The molecule has 1 heterocycles. The number of ether oxygens (including phenoxy) is 1. The van der Waals surface area contributed by atoms with Gasteiger partial charge in [0, 0.05) is 39.6 Å². The molecular weight excluding hydrogens is 192 g/mol. The fraction of sp³-hybridized carbons (Fsp3) is 0.909. The molecule has 0 spiro atoms. The summed E-state index contributed by atoms with van der Waals surface area (Å²) in [5, 5.41) is 13.2. The first-order valence-corrected chi connectivity index (χ1v) is 5.62. The van der Waals surface area contributed by atoms with E-state index in [4.69, 9.17) is 4.74 Å². The quantitative estimate of drug-likeness (QED) is 0.716. The molecule has 0 bridgehead atoms. The molecule has 0 aliphatic carbocycles. The Morgan fingerprint density at radius 1 is 1.53 bits per heavy atom. The number of methoxy groups -OCH3 is 1. The van der Waals surface area contributed by atoms with Gasteiger partial charge in [-0.25, -0.2) is 0 Å². The summed E-state index contributed by atoms with van der Waals surface area (Å²) >= 11 is 0. The van der Waals surface area contributed by atoms with Gasteiger partial charge in [0.2, 0.25) is 0 Å². The van der Waals surface area contributed by atoms with E-state index in [0.29, 0.717) is 19.6 Å². The molecule has 0 saturated carbocycles. The van der Waals surface area contributed by atoms with Crippen molar-refractivity contribution in [3.63, 3.8) is 0 Å². The number of nitrogens with zero attached hydrogens (tertiary/aromatic N) is 1. The number of hydrogen-bond donors (Lipinski definition) is 2. The van der Waals surface area contributed by atoms with Crippen LogP contribution in [-0.2, 0) is 4.74 Å². The monoisotopic (exact) mass is 214 g/mol. The second-order valence-corrected chi connectivity index (χ2v) is 4.38. The van der Waals surface area contributed by atoms with E-state index in [1.807, 2.05) is 6.92 Å². The molecule has 0 radical (unpaired) electrons. The van der Waals surface area contributed by atoms with Crippen LogP contribution >= 0.6 is 0 Å². The summed E-state index contributed by atoms with van der Waals surface area (Å²) in [6.45, 7) is 3.88. The van der Waals surface area contributed by atoms with Gasteiger partial charge in [0.05, 0.1) is 11.4 Å². The summed E-state index contributed by atoms with van der Waals surface area (Å²) < 4.78 is 4.95. The number of rotatable bonds is 5. The van der Waals surface area contributed by atoms with Gasteiger partial charge in [-0.15, -0.1) is 0 Å². The maximum absolute atomic E-state index is 9.98. The SMILES string of the molecule is COCCC(C)(O)CNC1=NCCCC1. The zero-order valence-electron chi connectivity index (χ0n) is 9.75. The molecule has 2 N–H and O–H groups in total. The normalized spacial score (nSPS) is 20.6. The molecule has 4 nitrogen and oxygen atoms in total. The first kappa shape index (κ1) is 12.5. The van der Waals surface area contributed by atoms with Crippen LogP contribution in [-0.4, -0.2) is 43.3 Å². The lowest BCUT2D eigenvalue weighted by atomic mass is 10.0. The van der Waals surface area contributed by atoms with Crippen LogP contribution in [0.25, 0.3) is 0 Å². The molecule has 1 rings (SSSR count). The molecule has 0 aromatic carbocycles. The van der Waals surface area contributed by atoms with Crippen LogP contribution in [0.3, 0.4) is 0 Å². The number of nitrogens with one attached hydrogen (secondary N) is 1. The van der Waals surface area contributed by atoms with Crippen molar-refractivity contribution in [2.45, 2.75) is 38.2 Å². The van der Waals surface area contributed by atoms with Crippen LogP contribution in [0, 0.1) is 0 Å². The van der Waals surface area contributed by atoms with E-state index in [2.05, 4.69) is 10.3 Å². The van der Waals surface area contributed by atoms with Crippen molar-refractivity contribution in [1.29, 1.82) is 0 Å². The van der Waals surface area contributed by atoms with Crippen LogP contribution in [0.5, 0.6) is 0 Å². The van der Waals surface area contributed by atoms with Crippen molar-refractivity contribution >= 4 is 5.84 Å². The van der Waals surface area contributed by atoms with E-state index in [0.717, 1.165) is 18.8 Å². The van der Waals surface area contributed by atoms with E-state index in [1.165, 1.54) is 12.8 Å². The molecule has 1 atom stereocenters. The lowest BCUT2D eigenvalue weighted by Crippen LogP contribution is -2.41. The second kappa shape index (κ2) is 6.08. The van der Waals surface area contributed by atoms with E-state index in [-0.39, 0.29) is 0 Å². The Labute approximate surface area is 91.7 Å². The highest BCUT2D eigenvalue weighted by Gasteiger charge is 2.20. The van der Waals surface area contributed by atoms with Crippen molar-refractivity contribution in [3.8, 4) is 0 Å². The molecular formula is C11H22N2O2. The third-order valence-corrected chi connectivity index (χ3v) is 2.64. The lowest BCUT2D eigenvalue weighted by Gasteiger charge is -2.25. The zero-order valence-corrected chi connectivity index (χ0v) is 9.75. The zero-order chi connectivity index (χ0) is 11.1. The molecule has 0 amide bonds. The minimum atomic E-state index is -0.712. The Morgan fingerprint density at radius 2 is 2.33 bits per heavy atom. The number of amidine groups is 1. The summed E-state index contributed by atoms with van der Waals surface area (Å²) in [4.78, 5) is 4.38. The average molecular weight is 214 g/mol. The van der Waals surface area contributed by atoms with Gasteiger partial charge in [-0.3, -0.25) is 4.99 Å². The Balaban J connectivity index is 2.25. The summed E-state index contributed by atoms with van der Waals surface area (Å²) in [6, 6.07) is 0. The molecule has 1 aliphatic rings. The third-order valence-electron chi connectivity index (χ3n) is 2.64. The van der Waals surface area contributed by atoms with E-state index in [9.17, 15) is 5.11 Å². The smallest absolute Gasteiger partial charge is 0.0964 e. The fourth-order valence-electron chi connectivity index (χ4n) is 1.54. The van der Waals surface area contributed by atoms with Gasteiger partial charge in [-0.05, 0) is 19.8 Å². The predicted molar refractivity (Wildman–Crippen MR) is 61.3 cm³/mol. The third kappa shape index (κ3) is 5.14. The highest BCUT2D eigenvalue weighted by Crippen LogP contribution is 2.09. The van der Waals surface area contributed by atoms with Crippen molar-refractivity contribution in [3.05, 3.63) is 0 Å². The van der Waals surface area contributed by atoms with E-state index < -0.39 is 5.60 Å². The number of aliphatic hydroxyl groups is 1. The van der Waals surface area contributed by atoms with Gasteiger partial charge >= 0.3 is 0 Å². The Morgan fingerprint density at radius 3 is 2.93 bits per heavy atom. The predicted octanol–water partition coefficient (Wildman–Crippen LogP) is 0.946. The molecule has 1 unspecified atom stereocenters. The number of hydrogen-bond acceptors (Lipinski definition) is 4. The Hall–Kier alpha value is -0.610. The average Bonchev–Trinajstić information content (AvgIpc) is 2.25. The van der Waals surface area contributed by atoms with Crippen molar-refractivity contribution in [1.82, 2.24) is 5.32 Å². The van der Waals surface area contributed by atoms with Crippen LogP contribution in [0.2, 0.25) is 0 Å². The molecule has 0 fully saturated rings. The summed E-state index contributed by atoms with van der Waals surface area (Å²) in [5.74, 6) is 1.04. The first-order chi connectivity index (χ1) is 7.14. The lowest BCUT2D eigenvalue weighted by molar-refractivity contribution is 0.0284. The van der Waals surface area contributed by atoms with Gasteiger partial charge in [0.1, 0.15) is 0 Å². The van der Waals surface area contributed by atoms with Crippen LogP contribution in [0.15, 0.2) is 4.99 Å². The summed E-state index contributed by atoms with van der Waals surface area (Å²) in [5.41, 5.74) is -0.712. The van der Waals surface area contributed by atoms with Crippen molar-refractivity contribution in [2.75, 3.05) is 26.8 Å². The highest BCUT2D eigenvalue weighted by molar-refractivity contribution is 5.82. The molecule has 15 heavy (non-hydrogen) atoms. The fourth-order valence-corrected chi connectivity index (χ4v) is 1.54. The first-order valence-electron chi connectivity index (χ1n) is 5.62. The van der Waals surface area contributed by atoms with Crippen molar-refractivity contribution < 1.29 is 9.84 Å². The molecule has 0 aromatic heterocycles. The molecule has 0 saturated heterocycles. The highest BCUT2D eigenvalue weighted by atomic mass is 16.5. The van der Waals surface area contributed by atoms with Crippen molar-refractivity contribution in [2.24, 2.45) is 4.99 Å².